The van der Waals surface area contributed by atoms with Crippen molar-refractivity contribution in [1.82, 2.24) is 15.2 Å². The first-order valence-electron chi connectivity index (χ1n) is 9.27. The van der Waals surface area contributed by atoms with Crippen LogP contribution in [0.4, 0.5) is 5.69 Å². The maximum Gasteiger partial charge on any atom is 0.224 e. The maximum atomic E-state index is 12.3. The Balaban J connectivity index is 1.41. The molecule has 0 saturated carbocycles. The minimum absolute atomic E-state index is 0.121. The normalized spacial score (nSPS) is 15.6. The molecule has 0 spiro atoms. The van der Waals surface area contributed by atoms with Crippen LogP contribution in [0.1, 0.15) is 24.0 Å². The Hall–Kier alpha value is -2.40. The highest BCUT2D eigenvalue weighted by molar-refractivity contribution is 5.79. The number of anilines is 1. The van der Waals surface area contributed by atoms with Crippen LogP contribution in [0, 0.1) is 0 Å². The Kier molecular flexibility index (Phi) is 6.23. The van der Waals surface area contributed by atoms with Crippen molar-refractivity contribution in [2.75, 3.05) is 32.1 Å². The smallest absolute Gasteiger partial charge is 0.224 e. The van der Waals surface area contributed by atoms with E-state index < -0.39 is 0 Å². The second-order valence-electron chi connectivity index (χ2n) is 7.21. The molecule has 0 atom stereocenters. The highest BCUT2D eigenvalue weighted by Crippen LogP contribution is 2.15. The number of carbonyl (C=O) groups excluding carboxylic acids is 1. The molecule has 1 N–H and O–H groups in total. The average molecular weight is 352 g/mol. The molecule has 5 nitrogen and oxygen atoms in total. The first kappa shape index (κ1) is 18.4. The van der Waals surface area contributed by atoms with Crippen molar-refractivity contribution in [1.29, 1.82) is 0 Å². The number of likely N-dealkylation sites (tertiary alicyclic amines) is 1. The molecule has 0 aliphatic carbocycles. The van der Waals surface area contributed by atoms with Gasteiger partial charge in [0.15, 0.2) is 0 Å². The Bertz CT molecular complexity index is 692. The fourth-order valence-corrected chi connectivity index (χ4v) is 3.36. The van der Waals surface area contributed by atoms with Gasteiger partial charge < -0.3 is 10.2 Å². The summed E-state index contributed by atoms with van der Waals surface area (Å²) >= 11 is 0. The lowest BCUT2D eigenvalue weighted by molar-refractivity contribution is -0.121. The second kappa shape index (κ2) is 8.81. The van der Waals surface area contributed by atoms with Gasteiger partial charge in [0.2, 0.25) is 5.91 Å². The van der Waals surface area contributed by atoms with Crippen molar-refractivity contribution < 1.29 is 4.79 Å². The second-order valence-corrected chi connectivity index (χ2v) is 7.21. The molecule has 0 bridgehead atoms. The fraction of sp³-hybridized carbons (Fsp3) is 0.429. The first-order valence-corrected chi connectivity index (χ1v) is 9.27. The quantitative estimate of drug-likeness (QED) is 0.868. The molecule has 1 saturated heterocycles. The van der Waals surface area contributed by atoms with Crippen molar-refractivity contribution in [3.8, 4) is 0 Å². The van der Waals surface area contributed by atoms with E-state index in [1.807, 2.05) is 38.6 Å². The summed E-state index contributed by atoms with van der Waals surface area (Å²) in [5.74, 6) is 0.121. The van der Waals surface area contributed by atoms with Crippen molar-refractivity contribution in [2.45, 2.75) is 31.8 Å². The van der Waals surface area contributed by atoms with Crippen LogP contribution in [0.25, 0.3) is 0 Å². The predicted molar refractivity (Wildman–Crippen MR) is 105 cm³/mol. The van der Waals surface area contributed by atoms with E-state index in [2.05, 4.69) is 44.4 Å². The monoisotopic (exact) mass is 352 g/mol. The molecule has 0 radical (unpaired) electrons. The summed E-state index contributed by atoms with van der Waals surface area (Å²) in [6.45, 7) is 3.00. The molecule has 5 heteroatoms. The van der Waals surface area contributed by atoms with E-state index in [1.165, 1.54) is 5.56 Å². The maximum absolute atomic E-state index is 12.3. The summed E-state index contributed by atoms with van der Waals surface area (Å²) in [5.41, 5.74) is 3.50. The number of rotatable bonds is 6. The number of nitrogens with zero attached hydrogens (tertiary/aromatic N) is 3. The molecule has 1 aromatic heterocycles. The van der Waals surface area contributed by atoms with Gasteiger partial charge in [-0.1, -0.05) is 12.1 Å². The lowest BCUT2D eigenvalue weighted by Gasteiger charge is -2.32. The summed E-state index contributed by atoms with van der Waals surface area (Å²) in [5, 5.41) is 3.20. The van der Waals surface area contributed by atoms with Crippen LogP contribution in [-0.2, 0) is 17.8 Å². The number of carbonyl (C=O) groups is 1. The van der Waals surface area contributed by atoms with Crippen LogP contribution in [-0.4, -0.2) is 49.0 Å². The highest BCUT2D eigenvalue weighted by Gasteiger charge is 2.20. The molecule has 1 amide bonds. The third kappa shape index (κ3) is 5.30. The molecule has 1 aliphatic rings. The van der Waals surface area contributed by atoms with Crippen molar-refractivity contribution in [2.24, 2.45) is 0 Å². The Labute approximate surface area is 156 Å². The Morgan fingerprint density at radius 2 is 1.73 bits per heavy atom. The fourth-order valence-electron chi connectivity index (χ4n) is 3.36. The number of hydrogen-bond acceptors (Lipinski definition) is 4. The molecule has 138 valence electrons. The zero-order valence-corrected chi connectivity index (χ0v) is 15.7. The topological polar surface area (TPSA) is 48.5 Å². The van der Waals surface area contributed by atoms with Crippen molar-refractivity contribution in [3.63, 3.8) is 0 Å². The summed E-state index contributed by atoms with van der Waals surface area (Å²) in [7, 11) is 4.03. The Morgan fingerprint density at radius 1 is 1.08 bits per heavy atom. The summed E-state index contributed by atoms with van der Waals surface area (Å²) < 4.78 is 0. The van der Waals surface area contributed by atoms with Gasteiger partial charge in [-0.2, -0.15) is 0 Å². The largest absolute Gasteiger partial charge is 0.378 e. The van der Waals surface area contributed by atoms with Crippen LogP contribution in [0.3, 0.4) is 0 Å². The van der Waals surface area contributed by atoms with Crippen LogP contribution >= 0.6 is 0 Å². The number of pyridine rings is 1. The van der Waals surface area contributed by atoms with Gasteiger partial charge in [-0.15, -0.1) is 0 Å². The van der Waals surface area contributed by atoms with Gasteiger partial charge in [-0.05, 0) is 48.2 Å². The van der Waals surface area contributed by atoms with E-state index in [1.54, 1.807) is 0 Å². The van der Waals surface area contributed by atoms with Gasteiger partial charge >= 0.3 is 0 Å². The number of nitrogens with one attached hydrogen (secondary N) is 1. The van der Waals surface area contributed by atoms with Gasteiger partial charge in [0.25, 0.3) is 0 Å². The van der Waals surface area contributed by atoms with Gasteiger partial charge in [0.05, 0.1) is 6.42 Å². The predicted octanol–water partition coefficient (Wildman–Crippen LogP) is 2.47. The number of aromatic nitrogens is 1. The van der Waals surface area contributed by atoms with Crippen molar-refractivity contribution in [3.05, 3.63) is 59.9 Å². The standard InChI is InChI=1S/C21H28N4O/c1-24(2)20-5-3-17(4-6-20)15-21(26)23-19-9-13-25(14-10-19)16-18-7-11-22-12-8-18/h3-8,11-12,19H,9-10,13-16H2,1-2H3,(H,23,26). The van der Waals surface area contributed by atoms with E-state index in [0.717, 1.165) is 43.7 Å². The highest BCUT2D eigenvalue weighted by atomic mass is 16.1. The third-order valence-electron chi connectivity index (χ3n) is 4.93. The number of amides is 1. The molecular formula is C21H28N4O. The van der Waals surface area contributed by atoms with Gasteiger partial charge in [0, 0.05) is 57.9 Å². The number of piperidine rings is 1. The average Bonchev–Trinajstić information content (AvgIpc) is 2.64. The van der Waals surface area contributed by atoms with Gasteiger partial charge in [-0.25, -0.2) is 0 Å². The lowest BCUT2D eigenvalue weighted by atomic mass is 10.0. The molecule has 1 aromatic carbocycles. The molecule has 1 aliphatic heterocycles. The first-order chi connectivity index (χ1) is 12.6. The van der Waals surface area contributed by atoms with E-state index in [9.17, 15) is 4.79 Å². The molecule has 26 heavy (non-hydrogen) atoms. The van der Waals surface area contributed by atoms with Crippen LogP contribution in [0.5, 0.6) is 0 Å². The minimum atomic E-state index is 0.121. The molecule has 2 heterocycles. The van der Waals surface area contributed by atoms with Crippen molar-refractivity contribution >= 4 is 11.6 Å². The van der Waals surface area contributed by atoms with Crippen LogP contribution in [0.2, 0.25) is 0 Å². The summed E-state index contributed by atoms with van der Waals surface area (Å²) in [6.07, 6.45) is 6.15. The molecule has 0 unspecified atom stereocenters. The number of benzene rings is 1. The SMILES string of the molecule is CN(C)c1ccc(CC(=O)NC2CCN(Cc3ccncc3)CC2)cc1. The van der Waals surface area contributed by atoms with E-state index in [-0.39, 0.29) is 11.9 Å². The van der Waals surface area contributed by atoms with Crippen LogP contribution in [0.15, 0.2) is 48.8 Å². The van der Waals surface area contributed by atoms with Gasteiger partial charge in [-0.3, -0.25) is 14.7 Å². The Morgan fingerprint density at radius 3 is 2.35 bits per heavy atom. The summed E-state index contributed by atoms with van der Waals surface area (Å²) in [4.78, 5) is 20.9. The minimum Gasteiger partial charge on any atom is -0.378 e. The van der Waals surface area contributed by atoms with Gasteiger partial charge in [0.1, 0.15) is 0 Å². The molecule has 1 fully saturated rings. The van der Waals surface area contributed by atoms with Crippen LogP contribution < -0.4 is 10.2 Å². The van der Waals surface area contributed by atoms with E-state index in [4.69, 9.17) is 0 Å². The molecular weight excluding hydrogens is 324 g/mol. The molecule has 2 aromatic rings. The zero-order chi connectivity index (χ0) is 18.4. The zero-order valence-electron chi connectivity index (χ0n) is 15.7. The van der Waals surface area contributed by atoms with E-state index >= 15 is 0 Å². The summed E-state index contributed by atoms with van der Waals surface area (Å²) in [6, 6.07) is 12.6. The lowest BCUT2D eigenvalue weighted by Crippen LogP contribution is -2.44. The molecule has 3 rings (SSSR count). The number of hydrogen-bond donors (Lipinski definition) is 1. The van der Waals surface area contributed by atoms with E-state index in [0.29, 0.717) is 6.42 Å². The third-order valence-corrected chi connectivity index (χ3v) is 4.93.